The normalized spacial score (nSPS) is 11.6. The molecule has 0 aliphatic rings. The molecule has 1 rings (SSSR count). The van der Waals surface area contributed by atoms with Gasteiger partial charge in [-0.15, -0.1) is 0 Å². The SMILES string of the molecule is CCCCCOc1ccc(CNOCC(F)(F)F)cc1. The summed E-state index contributed by atoms with van der Waals surface area (Å²) in [6.45, 7) is 1.72. The molecule has 0 heterocycles. The molecular weight excluding hydrogens is 271 g/mol. The molecule has 0 saturated carbocycles. The van der Waals surface area contributed by atoms with Crippen molar-refractivity contribution >= 4 is 0 Å². The Morgan fingerprint density at radius 3 is 2.40 bits per heavy atom. The quantitative estimate of drug-likeness (QED) is 0.554. The summed E-state index contributed by atoms with van der Waals surface area (Å²) in [5, 5.41) is 0. The lowest BCUT2D eigenvalue weighted by atomic mass is 10.2. The molecule has 0 bridgehead atoms. The Morgan fingerprint density at radius 2 is 1.80 bits per heavy atom. The van der Waals surface area contributed by atoms with Crippen LogP contribution in [0.1, 0.15) is 31.7 Å². The highest BCUT2D eigenvalue weighted by molar-refractivity contribution is 5.27. The van der Waals surface area contributed by atoms with Gasteiger partial charge in [0, 0.05) is 6.54 Å². The van der Waals surface area contributed by atoms with E-state index in [0.29, 0.717) is 6.61 Å². The van der Waals surface area contributed by atoms with Gasteiger partial charge in [-0.25, -0.2) is 0 Å². The molecule has 3 nitrogen and oxygen atoms in total. The van der Waals surface area contributed by atoms with Gasteiger partial charge in [0.05, 0.1) is 6.61 Å². The molecule has 0 aliphatic heterocycles. The zero-order chi connectivity index (χ0) is 14.8. The second-order valence-electron chi connectivity index (χ2n) is 4.42. The molecule has 114 valence electrons. The first kappa shape index (κ1) is 16.8. The van der Waals surface area contributed by atoms with Gasteiger partial charge < -0.3 is 4.74 Å². The Morgan fingerprint density at radius 1 is 1.10 bits per heavy atom. The highest BCUT2D eigenvalue weighted by atomic mass is 19.4. The fourth-order valence-electron chi connectivity index (χ4n) is 1.51. The maximum atomic E-state index is 11.8. The average molecular weight is 291 g/mol. The second kappa shape index (κ2) is 8.81. The lowest BCUT2D eigenvalue weighted by Crippen LogP contribution is -2.24. The first-order valence-corrected chi connectivity index (χ1v) is 6.64. The molecule has 0 saturated heterocycles. The molecule has 1 N–H and O–H groups in total. The standard InChI is InChI=1S/C14H20F3NO2/c1-2-3-4-9-19-13-7-5-12(6-8-13)10-18-20-11-14(15,16)17/h5-8,18H,2-4,9-11H2,1H3. The summed E-state index contributed by atoms with van der Waals surface area (Å²) in [5.74, 6) is 0.765. The van der Waals surface area contributed by atoms with Crippen molar-refractivity contribution in [2.75, 3.05) is 13.2 Å². The fourth-order valence-corrected chi connectivity index (χ4v) is 1.51. The van der Waals surface area contributed by atoms with Gasteiger partial charge in [0.1, 0.15) is 5.75 Å². The van der Waals surface area contributed by atoms with Gasteiger partial charge in [0.15, 0.2) is 6.61 Å². The fraction of sp³-hybridized carbons (Fsp3) is 0.571. The van der Waals surface area contributed by atoms with E-state index in [9.17, 15) is 13.2 Å². The third-order valence-corrected chi connectivity index (χ3v) is 2.55. The van der Waals surface area contributed by atoms with Crippen LogP contribution in [0.4, 0.5) is 13.2 Å². The van der Waals surface area contributed by atoms with Crippen molar-refractivity contribution in [3.8, 4) is 5.75 Å². The van der Waals surface area contributed by atoms with Crippen LogP contribution in [0.15, 0.2) is 24.3 Å². The van der Waals surface area contributed by atoms with Crippen molar-refractivity contribution in [3.63, 3.8) is 0 Å². The molecule has 0 radical (unpaired) electrons. The number of alkyl halides is 3. The van der Waals surface area contributed by atoms with E-state index < -0.39 is 12.8 Å². The first-order valence-electron chi connectivity index (χ1n) is 6.64. The molecule has 0 spiro atoms. The number of halogens is 3. The van der Waals surface area contributed by atoms with E-state index in [-0.39, 0.29) is 6.54 Å². The topological polar surface area (TPSA) is 30.5 Å². The van der Waals surface area contributed by atoms with Gasteiger partial charge in [0.25, 0.3) is 0 Å². The van der Waals surface area contributed by atoms with Gasteiger partial charge >= 0.3 is 6.18 Å². The molecule has 0 aromatic heterocycles. The van der Waals surface area contributed by atoms with Crippen molar-refractivity contribution in [2.45, 2.75) is 38.9 Å². The summed E-state index contributed by atoms with van der Waals surface area (Å²) >= 11 is 0. The van der Waals surface area contributed by atoms with E-state index in [1.807, 2.05) is 0 Å². The van der Waals surface area contributed by atoms with Crippen molar-refractivity contribution in [3.05, 3.63) is 29.8 Å². The van der Waals surface area contributed by atoms with E-state index in [4.69, 9.17) is 4.74 Å². The van der Waals surface area contributed by atoms with Crippen LogP contribution >= 0.6 is 0 Å². The largest absolute Gasteiger partial charge is 0.494 e. The second-order valence-corrected chi connectivity index (χ2v) is 4.42. The molecule has 0 atom stereocenters. The molecule has 0 unspecified atom stereocenters. The van der Waals surface area contributed by atoms with E-state index in [1.165, 1.54) is 0 Å². The zero-order valence-electron chi connectivity index (χ0n) is 11.5. The minimum absolute atomic E-state index is 0.214. The Labute approximate surface area is 117 Å². The average Bonchev–Trinajstić information content (AvgIpc) is 2.40. The minimum Gasteiger partial charge on any atom is -0.494 e. The highest BCUT2D eigenvalue weighted by Crippen LogP contribution is 2.15. The molecule has 0 amide bonds. The van der Waals surface area contributed by atoms with Crippen LogP contribution in [0.25, 0.3) is 0 Å². The lowest BCUT2D eigenvalue weighted by Gasteiger charge is -2.09. The summed E-state index contributed by atoms with van der Waals surface area (Å²) in [7, 11) is 0. The Kier molecular flexibility index (Phi) is 7.40. The van der Waals surface area contributed by atoms with Crippen molar-refractivity contribution < 1.29 is 22.7 Å². The number of benzene rings is 1. The van der Waals surface area contributed by atoms with Crippen LogP contribution in [0.5, 0.6) is 5.75 Å². The van der Waals surface area contributed by atoms with Crippen LogP contribution in [0.3, 0.4) is 0 Å². The van der Waals surface area contributed by atoms with Gasteiger partial charge in [-0.3, -0.25) is 4.84 Å². The maximum absolute atomic E-state index is 11.8. The Bertz CT molecular complexity index is 366. The van der Waals surface area contributed by atoms with Crippen LogP contribution in [-0.4, -0.2) is 19.4 Å². The molecule has 1 aromatic carbocycles. The molecular formula is C14H20F3NO2. The summed E-state index contributed by atoms with van der Waals surface area (Å²) in [6.07, 6.45) is -1.02. The number of nitrogens with one attached hydrogen (secondary N) is 1. The van der Waals surface area contributed by atoms with Crippen molar-refractivity contribution in [1.29, 1.82) is 0 Å². The van der Waals surface area contributed by atoms with E-state index in [1.54, 1.807) is 24.3 Å². The van der Waals surface area contributed by atoms with E-state index in [2.05, 4.69) is 17.2 Å². The van der Waals surface area contributed by atoms with Crippen LogP contribution in [0.2, 0.25) is 0 Å². The molecule has 0 fully saturated rings. The lowest BCUT2D eigenvalue weighted by molar-refractivity contribution is -0.190. The summed E-state index contributed by atoms with van der Waals surface area (Å²) in [6, 6.07) is 7.18. The number of hydroxylamine groups is 1. The number of hydrogen-bond donors (Lipinski definition) is 1. The van der Waals surface area contributed by atoms with Crippen molar-refractivity contribution in [2.24, 2.45) is 0 Å². The van der Waals surface area contributed by atoms with Crippen LogP contribution in [-0.2, 0) is 11.4 Å². The smallest absolute Gasteiger partial charge is 0.413 e. The highest BCUT2D eigenvalue weighted by Gasteiger charge is 2.27. The molecule has 1 aromatic rings. The van der Waals surface area contributed by atoms with E-state index >= 15 is 0 Å². The van der Waals surface area contributed by atoms with Gasteiger partial charge in [-0.2, -0.15) is 18.7 Å². The van der Waals surface area contributed by atoms with Gasteiger partial charge in [0.2, 0.25) is 0 Å². The number of hydrogen-bond acceptors (Lipinski definition) is 3. The Balaban J connectivity index is 2.21. The number of ether oxygens (including phenoxy) is 1. The van der Waals surface area contributed by atoms with Gasteiger partial charge in [-0.1, -0.05) is 31.9 Å². The predicted octanol–water partition coefficient (Wildman–Crippen LogP) is 3.84. The molecule has 20 heavy (non-hydrogen) atoms. The van der Waals surface area contributed by atoms with Gasteiger partial charge in [-0.05, 0) is 24.1 Å². The summed E-state index contributed by atoms with van der Waals surface area (Å²) < 4.78 is 41.0. The Hall–Kier alpha value is -1.27. The maximum Gasteiger partial charge on any atom is 0.413 e. The molecule has 0 aliphatic carbocycles. The molecule has 6 heteroatoms. The number of unbranched alkanes of at least 4 members (excludes halogenated alkanes) is 2. The monoisotopic (exact) mass is 291 g/mol. The minimum atomic E-state index is -4.32. The summed E-state index contributed by atoms with van der Waals surface area (Å²) in [4.78, 5) is 4.32. The first-order chi connectivity index (χ1) is 9.51. The van der Waals surface area contributed by atoms with Crippen LogP contribution in [0, 0.1) is 0 Å². The predicted molar refractivity (Wildman–Crippen MR) is 70.3 cm³/mol. The third kappa shape index (κ3) is 8.01. The zero-order valence-corrected chi connectivity index (χ0v) is 11.5. The van der Waals surface area contributed by atoms with Crippen LogP contribution < -0.4 is 10.2 Å². The summed E-state index contributed by atoms with van der Waals surface area (Å²) in [5.41, 5.74) is 3.10. The number of rotatable bonds is 9. The van der Waals surface area contributed by atoms with E-state index in [0.717, 1.165) is 30.6 Å². The van der Waals surface area contributed by atoms with Crippen molar-refractivity contribution in [1.82, 2.24) is 5.48 Å². The third-order valence-electron chi connectivity index (χ3n) is 2.55.